The monoisotopic (exact) mass is 253 g/mol. The van der Waals surface area contributed by atoms with Gasteiger partial charge in [-0.05, 0) is 0 Å². The minimum atomic E-state index is -1.14. The molecule has 0 aliphatic heterocycles. The molecule has 18 heavy (non-hydrogen) atoms. The van der Waals surface area contributed by atoms with Crippen molar-refractivity contribution in [2.75, 3.05) is 11.9 Å². The molecule has 3 N–H and O–H groups in total. The molecule has 0 aromatic carbocycles. The molecule has 0 saturated carbocycles. The third-order valence-electron chi connectivity index (χ3n) is 1.77. The summed E-state index contributed by atoms with van der Waals surface area (Å²) in [5.41, 5.74) is -0.640. The molecule has 1 amide bonds. The second kappa shape index (κ2) is 6.18. The van der Waals surface area contributed by atoms with Crippen molar-refractivity contribution in [2.45, 2.75) is 6.42 Å². The average Bonchev–Trinajstić information content (AvgIpc) is 2.29. The summed E-state index contributed by atoms with van der Waals surface area (Å²) in [6.45, 7) is 3.38. The first-order valence-corrected chi connectivity index (χ1v) is 4.87. The fourth-order valence-corrected chi connectivity index (χ4v) is 1.04. The largest absolute Gasteiger partial charge is 0.481 e. The Morgan fingerprint density at radius 3 is 2.89 bits per heavy atom. The van der Waals surface area contributed by atoms with E-state index in [1.807, 2.05) is 0 Å². The van der Waals surface area contributed by atoms with E-state index in [1.54, 1.807) is 0 Å². The quantitative estimate of drug-likeness (QED) is 0.641. The maximum atomic E-state index is 11.4. The van der Waals surface area contributed by atoms with E-state index in [1.165, 1.54) is 6.08 Å². The zero-order valence-electron chi connectivity index (χ0n) is 9.30. The molecule has 96 valence electrons. The summed E-state index contributed by atoms with van der Waals surface area (Å²) < 4.78 is 4.61. The molecule has 0 saturated heterocycles. The molecule has 1 heterocycles. The molecule has 0 radical (unpaired) electrons. The normalized spacial score (nSPS) is 9.56. The second-order valence-corrected chi connectivity index (χ2v) is 3.17. The predicted molar refractivity (Wildman–Crippen MR) is 61.4 cm³/mol. The zero-order chi connectivity index (χ0) is 13.5. The molecule has 0 spiro atoms. The van der Waals surface area contributed by atoms with Crippen LogP contribution < -0.4 is 10.9 Å². The number of nitrogens with one attached hydrogen (secondary N) is 2. The van der Waals surface area contributed by atoms with E-state index < -0.39 is 24.0 Å². The van der Waals surface area contributed by atoms with E-state index in [2.05, 4.69) is 26.6 Å². The topological polar surface area (TPSA) is 121 Å². The Kier molecular flexibility index (Phi) is 4.61. The Hall–Kier alpha value is -2.64. The molecular weight excluding hydrogens is 242 g/mol. The van der Waals surface area contributed by atoms with Gasteiger partial charge in [-0.1, -0.05) is 12.7 Å². The average molecular weight is 253 g/mol. The fourth-order valence-electron chi connectivity index (χ4n) is 1.04. The highest BCUT2D eigenvalue weighted by molar-refractivity contribution is 5.82. The number of aliphatic carboxylic acids is 1. The van der Waals surface area contributed by atoms with Gasteiger partial charge in [0.05, 0.1) is 6.42 Å². The standard InChI is InChI=1S/C10H11N3O5/c1-2-3-18-10(17)13-9-11-5-6(4-7(14)15)8(16)12-9/h2,5H,1,3-4H2,(H,14,15)(H2,11,12,13,16,17). The second-order valence-electron chi connectivity index (χ2n) is 3.17. The number of amides is 1. The van der Waals surface area contributed by atoms with Crippen molar-refractivity contribution in [2.24, 2.45) is 0 Å². The molecular formula is C10H11N3O5. The lowest BCUT2D eigenvalue weighted by Gasteiger charge is -2.04. The maximum Gasteiger partial charge on any atom is 0.414 e. The number of anilines is 1. The molecule has 1 rings (SSSR count). The molecule has 0 fully saturated rings. The van der Waals surface area contributed by atoms with E-state index >= 15 is 0 Å². The Bertz CT molecular complexity index is 522. The van der Waals surface area contributed by atoms with Crippen molar-refractivity contribution in [3.63, 3.8) is 0 Å². The van der Waals surface area contributed by atoms with Gasteiger partial charge in [0.15, 0.2) is 0 Å². The number of carbonyl (C=O) groups excluding carboxylic acids is 1. The van der Waals surface area contributed by atoms with Gasteiger partial charge in [0.25, 0.3) is 5.56 Å². The minimum Gasteiger partial charge on any atom is -0.481 e. The number of hydrogen-bond donors (Lipinski definition) is 3. The number of carboxylic acids is 1. The zero-order valence-corrected chi connectivity index (χ0v) is 9.30. The van der Waals surface area contributed by atoms with E-state index in [0.717, 1.165) is 6.20 Å². The van der Waals surface area contributed by atoms with Crippen LogP contribution in [0, 0.1) is 0 Å². The van der Waals surface area contributed by atoms with E-state index in [0.29, 0.717) is 0 Å². The van der Waals surface area contributed by atoms with Crippen LogP contribution in [0.25, 0.3) is 0 Å². The molecule has 8 nitrogen and oxygen atoms in total. The summed E-state index contributed by atoms with van der Waals surface area (Å²) in [6.07, 6.45) is 1.22. The lowest BCUT2D eigenvalue weighted by atomic mass is 10.2. The van der Waals surface area contributed by atoms with Gasteiger partial charge in [0.2, 0.25) is 5.95 Å². The molecule has 0 atom stereocenters. The third-order valence-corrected chi connectivity index (χ3v) is 1.77. The highest BCUT2D eigenvalue weighted by Crippen LogP contribution is 1.97. The summed E-state index contributed by atoms with van der Waals surface area (Å²) in [5.74, 6) is -1.27. The number of ether oxygens (including phenoxy) is 1. The van der Waals surface area contributed by atoms with Gasteiger partial charge in [-0.15, -0.1) is 0 Å². The number of rotatable bonds is 5. The number of nitrogens with zero attached hydrogens (tertiary/aromatic N) is 1. The van der Waals surface area contributed by atoms with Gasteiger partial charge < -0.3 is 9.84 Å². The molecule has 0 aliphatic carbocycles. The van der Waals surface area contributed by atoms with Gasteiger partial charge >= 0.3 is 12.1 Å². The van der Waals surface area contributed by atoms with Crippen LogP contribution in [0.5, 0.6) is 0 Å². The van der Waals surface area contributed by atoms with Crippen molar-refractivity contribution in [3.05, 3.63) is 34.8 Å². The van der Waals surface area contributed by atoms with Gasteiger partial charge in [0, 0.05) is 11.8 Å². The van der Waals surface area contributed by atoms with Crippen LogP contribution in [0.1, 0.15) is 5.56 Å². The van der Waals surface area contributed by atoms with Crippen molar-refractivity contribution in [1.82, 2.24) is 9.97 Å². The molecule has 1 aromatic rings. The first kappa shape index (κ1) is 13.4. The predicted octanol–water partition coefficient (Wildman–Crippen LogP) is 0.131. The van der Waals surface area contributed by atoms with Crippen molar-refractivity contribution in [1.29, 1.82) is 0 Å². The maximum absolute atomic E-state index is 11.4. The van der Waals surface area contributed by atoms with Crippen molar-refractivity contribution >= 4 is 18.0 Å². The number of H-pyrrole nitrogens is 1. The fraction of sp³-hybridized carbons (Fsp3) is 0.200. The highest BCUT2D eigenvalue weighted by Gasteiger charge is 2.09. The number of hydrogen-bond acceptors (Lipinski definition) is 5. The van der Waals surface area contributed by atoms with Gasteiger partial charge in [-0.3, -0.25) is 19.9 Å². The molecule has 0 unspecified atom stereocenters. The summed E-state index contributed by atoms with van der Waals surface area (Å²) in [4.78, 5) is 38.8. The van der Waals surface area contributed by atoms with Gasteiger partial charge in [-0.25, -0.2) is 9.78 Å². The summed E-state index contributed by atoms with van der Waals surface area (Å²) in [7, 11) is 0. The van der Waals surface area contributed by atoms with Crippen LogP contribution in [-0.2, 0) is 16.0 Å². The summed E-state index contributed by atoms with van der Waals surface area (Å²) >= 11 is 0. The number of aromatic nitrogens is 2. The van der Waals surface area contributed by atoms with Crippen LogP contribution in [0.3, 0.4) is 0 Å². The van der Waals surface area contributed by atoms with Crippen LogP contribution >= 0.6 is 0 Å². The van der Waals surface area contributed by atoms with Crippen molar-refractivity contribution < 1.29 is 19.4 Å². The van der Waals surface area contributed by atoms with E-state index in [9.17, 15) is 14.4 Å². The van der Waals surface area contributed by atoms with Crippen LogP contribution in [0.2, 0.25) is 0 Å². The molecule has 1 aromatic heterocycles. The van der Waals surface area contributed by atoms with Gasteiger partial charge in [0.1, 0.15) is 6.61 Å². The summed E-state index contributed by atoms with van der Waals surface area (Å²) in [5, 5.41) is 10.7. The van der Waals surface area contributed by atoms with E-state index in [4.69, 9.17) is 5.11 Å². The Balaban J connectivity index is 2.72. The number of aromatic amines is 1. The lowest BCUT2D eigenvalue weighted by molar-refractivity contribution is -0.136. The first-order chi connectivity index (χ1) is 8.52. The van der Waals surface area contributed by atoms with Crippen molar-refractivity contribution in [3.8, 4) is 0 Å². The van der Waals surface area contributed by atoms with Gasteiger partial charge in [-0.2, -0.15) is 0 Å². The van der Waals surface area contributed by atoms with Crippen LogP contribution in [-0.4, -0.2) is 33.7 Å². The molecule has 0 aliphatic rings. The Labute approximate surface area is 101 Å². The van der Waals surface area contributed by atoms with E-state index in [-0.39, 0.29) is 18.1 Å². The highest BCUT2D eigenvalue weighted by atomic mass is 16.5. The van der Waals surface area contributed by atoms with Crippen LogP contribution in [0.15, 0.2) is 23.6 Å². The molecule has 8 heteroatoms. The SMILES string of the molecule is C=CCOC(=O)Nc1ncc(CC(=O)O)c(=O)[nH]1. The first-order valence-electron chi connectivity index (χ1n) is 4.87. The number of carboxylic acid groups (broad SMARTS) is 1. The summed E-state index contributed by atoms with van der Waals surface area (Å²) in [6, 6.07) is 0. The Morgan fingerprint density at radius 2 is 2.33 bits per heavy atom. The smallest absolute Gasteiger partial charge is 0.414 e. The Morgan fingerprint density at radius 1 is 1.61 bits per heavy atom. The number of carbonyl (C=O) groups is 2. The third kappa shape index (κ3) is 4.08. The lowest BCUT2D eigenvalue weighted by Crippen LogP contribution is -2.22. The van der Waals surface area contributed by atoms with Crippen LogP contribution in [0.4, 0.5) is 10.7 Å². The molecule has 0 bridgehead atoms. The minimum absolute atomic E-state index is 0.00694.